The van der Waals surface area contributed by atoms with E-state index in [1.807, 2.05) is 31.2 Å². The van der Waals surface area contributed by atoms with Crippen LogP contribution < -0.4 is 25.4 Å². The van der Waals surface area contributed by atoms with Gasteiger partial charge in [-0.15, -0.1) is 0 Å². The summed E-state index contributed by atoms with van der Waals surface area (Å²) >= 11 is 0. The maximum Gasteiger partial charge on any atom is 0.276 e. The zero-order chi connectivity index (χ0) is 20.5. The Morgan fingerprint density at radius 1 is 1.00 bits per heavy atom. The number of hydrazine groups is 1. The molecule has 2 aromatic rings. The molecule has 1 aliphatic heterocycles. The van der Waals surface area contributed by atoms with Crippen molar-refractivity contribution in [1.82, 2.24) is 10.9 Å². The lowest BCUT2D eigenvalue weighted by atomic mass is 10.2. The number of anilines is 1. The Labute approximate surface area is 171 Å². The molecule has 1 aliphatic rings. The number of amides is 2. The highest BCUT2D eigenvalue weighted by Gasteiger charge is 2.20. The van der Waals surface area contributed by atoms with E-state index in [9.17, 15) is 9.59 Å². The van der Waals surface area contributed by atoms with Gasteiger partial charge >= 0.3 is 0 Å². The van der Waals surface area contributed by atoms with Gasteiger partial charge in [0.05, 0.1) is 39.1 Å². The molecule has 0 spiro atoms. The number of nitrogens with zero attached hydrogens (tertiary/aromatic N) is 1. The van der Waals surface area contributed by atoms with E-state index in [0.717, 1.165) is 38.3 Å². The maximum atomic E-state index is 12.0. The minimum Gasteiger partial charge on any atom is -0.484 e. The molecule has 0 radical (unpaired) electrons. The predicted octanol–water partition coefficient (Wildman–Crippen LogP) is 0.316. The molecule has 0 saturated carbocycles. The summed E-state index contributed by atoms with van der Waals surface area (Å²) in [5.41, 5.74) is 7.17. The molecular weight excluding hydrogens is 368 g/mol. The van der Waals surface area contributed by atoms with Crippen molar-refractivity contribution in [1.29, 1.82) is 0 Å². The molecule has 2 aromatic carbocycles. The lowest BCUT2D eigenvalue weighted by Gasteiger charge is -2.33. The van der Waals surface area contributed by atoms with Crippen LogP contribution in [0.3, 0.4) is 0 Å². The molecule has 1 saturated heterocycles. The second kappa shape index (κ2) is 10.5. The summed E-state index contributed by atoms with van der Waals surface area (Å²) in [6.07, 6.45) is 0.375. The van der Waals surface area contributed by atoms with Gasteiger partial charge in [-0.1, -0.05) is 30.3 Å². The number of rotatable bonds is 7. The number of hydrogen-bond donors (Lipinski definition) is 3. The van der Waals surface area contributed by atoms with Crippen LogP contribution in [-0.4, -0.2) is 51.1 Å². The molecule has 3 N–H and O–H groups in total. The monoisotopic (exact) mass is 397 g/mol. The van der Waals surface area contributed by atoms with Gasteiger partial charge in [0.1, 0.15) is 5.75 Å². The number of para-hydroxylation sites is 1. The van der Waals surface area contributed by atoms with Crippen LogP contribution in [0.1, 0.15) is 12.0 Å². The predicted molar refractivity (Wildman–Crippen MR) is 112 cm³/mol. The van der Waals surface area contributed by atoms with Crippen molar-refractivity contribution in [2.75, 3.05) is 44.2 Å². The van der Waals surface area contributed by atoms with E-state index in [2.05, 4.69) is 40.0 Å². The normalized spacial score (nSPS) is 14.3. The first kappa shape index (κ1) is 20.7. The number of ether oxygens (including phenoxy) is 1. The Morgan fingerprint density at radius 3 is 2.45 bits per heavy atom. The minimum absolute atomic E-state index is 0.142. The number of carbonyl (C=O) groups is 2. The highest BCUT2D eigenvalue weighted by molar-refractivity contribution is 5.82. The van der Waals surface area contributed by atoms with Crippen molar-refractivity contribution in [3.8, 4) is 5.75 Å². The maximum absolute atomic E-state index is 12.0. The van der Waals surface area contributed by atoms with E-state index in [-0.39, 0.29) is 18.4 Å². The standard InChI is InChI=1S/C22H28N4O3/c1-18-6-5-9-20(16-18)29-17-22(28)24-23-21(27)10-11-25-12-14-26(15-13-25)19-7-3-2-4-8-19/h2-9,16H,10-15,17H2,1H3,(H,23,27)(H,24,28)/p+1. The number of piperazine rings is 1. The molecule has 154 valence electrons. The van der Waals surface area contributed by atoms with E-state index in [4.69, 9.17) is 4.74 Å². The van der Waals surface area contributed by atoms with Gasteiger partial charge < -0.3 is 14.5 Å². The first-order valence-corrected chi connectivity index (χ1v) is 10.0. The van der Waals surface area contributed by atoms with Gasteiger partial charge in [-0.2, -0.15) is 0 Å². The third kappa shape index (κ3) is 6.80. The Kier molecular flexibility index (Phi) is 7.47. The van der Waals surface area contributed by atoms with Gasteiger partial charge in [0.25, 0.3) is 5.91 Å². The summed E-state index contributed by atoms with van der Waals surface area (Å²) in [5.74, 6) is 0.0558. The van der Waals surface area contributed by atoms with Crippen molar-refractivity contribution < 1.29 is 19.2 Å². The number of nitrogens with one attached hydrogen (secondary N) is 3. The fourth-order valence-electron chi connectivity index (χ4n) is 3.35. The smallest absolute Gasteiger partial charge is 0.276 e. The lowest BCUT2D eigenvalue weighted by molar-refractivity contribution is -0.900. The van der Waals surface area contributed by atoms with E-state index in [0.29, 0.717) is 12.2 Å². The second-order valence-corrected chi connectivity index (χ2v) is 7.27. The Balaban J connectivity index is 1.29. The summed E-state index contributed by atoms with van der Waals surface area (Å²) in [6.45, 7) is 6.52. The van der Waals surface area contributed by atoms with Crippen LogP contribution in [0.2, 0.25) is 0 Å². The fourth-order valence-corrected chi connectivity index (χ4v) is 3.35. The molecule has 1 fully saturated rings. The summed E-state index contributed by atoms with van der Waals surface area (Å²) in [6, 6.07) is 17.9. The molecule has 0 aliphatic carbocycles. The number of benzene rings is 2. The number of aryl methyl sites for hydroxylation is 1. The SMILES string of the molecule is Cc1cccc(OCC(=O)NNC(=O)CC[NH+]2CCN(c3ccccc3)CC2)c1. The molecule has 0 unspecified atom stereocenters. The van der Waals surface area contributed by atoms with Crippen molar-refractivity contribution in [2.45, 2.75) is 13.3 Å². The molecule has 1 heterocycles. The van der Waals surface area contributed by atoms with Crippen molar-refractivity contribution in [3.63, 3.8) is 0 Å². The molecule has 7 nitrogen and oxygen atoms in total. The van der Waals surface area contributed by atoms with Gasteiger partial charge in [-0.25, -0.2) is 0 Å². The largest absolute Gasteiger partial charge is 0.484 e. The summed E-state index contributed by atoms with van der Waals surface area (Å²) in [4.78, 5) is 27.6. The first-order chi connectivity index (χ1) is 14.1. The van der Waals surface area contributed by atoms with Gasteiger partial charge in [-0.3, -0.25) is 20.4 Å². The van der Waals surface area contributed by atoms with Crippen molar-refractivity contribution >= 4 is 17.5 Å². The zero-order valence-corrected chi connectivity index (χ0v) is 16.8. The Hall–Kier alpha value is -3.06. The first-order valence-electron chi connectivity index (χ1n) is 10.0. The van der Waals surface area contributed by atoms with Gasteiger partial charge in [0.15, 0.2) is 6.61 Å². The van der Waals surface area contributed by atoms with Crippen LogP contribution in [0.5, 0.6) is 5.75 Å². The number of hydrogen-bond acceptors (Lipinski definition) is 4. The van der Waals surface area contributed by atoms with E-state index >= 15 is 0 Å². The fraction of sp³-hybridized carbons (Fsp3) is 0.364. The van der Waals surface area contributed by atoms with Crippen LogP contribution in [0.4, 0.5) is 5.69 Å². The Morgan fingerprint density at radius 2 is 1.72 bits per heavy atom. The average molecular weight is 397 g/mol. The molecule has 0 bridgehead atoms. The molecular formula is C22H29N4O3+. The molecule has 0 aromatic heterocycles. The lowest BCUT2D eigenvalue weighted by Crippen LogP contribution is -3.15. The quantitative estimate of drug-likeness (QED) is 0.588. The molecule has 2 amide bonds. The van der Waals surface area contributed by atoms with Crippen LogP contribution >= 0.6 is 0 Å². The minimum atomic E-state index is -0.385. The van der Waals surface area contributed by atoms with Gasteiger partial charge in [0.2, 0.25) is 5.91 Å². The topological polar surface area (TPSA) is 75.1 Å². The number of carbonyl (C=O) groups excluding carboxylic acids is 2. The average Bonchev–Trinajstić information content (AvgIpc) is 2.76. The third-order valence-electron chi connectivity index (χ3n) is 5.00. The highest BCUT2D eigenvalue weighted by atomic mass is 16.5. The van der Waals surface area contributed by atoms with Crippen LogP contribution in [0, 0.1) is 6.92 Å². The molecule has 29 heavy (non-hydrogen) atoms. The molecule has 3 rings (SSSR count). The zero-order valence-electron chi connectivity index (χ0n) is 16.8. The molecule has 7 heteroatoms. The highest BCUT2D eigenvalue weighted by Crippen LogP contribution is 2.12. The van der Waals surface area contributed by atoms with Gasteiger partial charge in [-0.05, 0) is 36.8 Å². The number of quaternary nitrogens is 1. The van der Waals surface area contributed by atoms with E-state index in [1.54, 1.807) is 6.07 Å². The van der Waals surface area contributed by atoms with Crippen LogP contribution in [0.15, 0.2) is 54.6 Å². The second-order valence-electron chi connectivity index (χ2n) is 7.27. The summed E-state index contributed by atoms with van der Waals surface area (Å²) < 4.78 is 5.41. The molecule has 0 atom stereocenters. The van der Waals surface area contributed by atoms with Crippen molar-refractivity contribution in [2.24, 2.45) is 0 Å². The van der Waals surface area contributed by atoms with Gasteiger partial charge in [0, 0.05) is 5.69 Å². The third-order valence-corrected chi connectivity index (χ3v) is 5.00. The van der Waals surface area contributed by atoms with Crippen LogP contribution in [-0.2, 0) is 9.59 Å². The Bertz CT molecular complexity index is 805. The van der Waals surface area contributed by atoms with Crippen LogP contribution in [0.25, 0.3) is 0 Å². The van der Waals surface area contributed by atoms with E-state index in [1.165, 1.54) is 10.6 Å². The summed E-state index contributed by atoms with van der Waals surface area (Å²) in [5, 5.41) is 0. The summed E-state index contributed by atoms with van der Waals surface area (Å²) in [7, 11) is 0. The van der Waals surface area contributed by atoms with Crippen molar-refractivity contribution in [3.05, 3.63) is 60.2 Å². The van der Waals surface area contributed by atoms with E-state index < -0.39 is 0 Å².